The van der Waals surface area contributed by atoms with E-state index in [0.717, 1.165) is 43.2 Å². The highest BCUT2D eigenvalue weighted by molar-refractivity contribution is 5.77. The molecule has 0 aliphatic carbocycles. The van der Waals surface area contributed by atoms with Gasteiger partial charge in [-0.05, 0) is 24.6 Å². The van der Waals surface area contributed by atoms with Crippen LogP contribution in [-0.4, -0.2) is 35.9 Å². The Balaban J connectivity index is 1.83. The molecule has 2 aromatic carbocycles. The number of ether oxygens (including phenoxy) is 1. The van der Waals surface area contributed by atoms with Gasteiger partial charge in [-0.15, -0.1) is 0 Å². The highest BCUT2D eigenvalue weighted by Gasteiger charge is 2.27. The van der Waals surface area contributed by atoms with Crippen LogP contribution in [0.3, 0.4) is 0 Å². The van der Waals surface area contributed by atoms with E-state index < -0.39 is 0 Å². The Kier molecular flexibility index (Phi) is 4.82. The van der Waals surface area contributed by atoms with Gasteiger partial charge in [-0.3, -0.25) is 9.36 Å². The zero-order valence-electron chi connectivity index (χ0n) is 15.0. The summed E-state index contributed by atoms with van der Waals surface area (Å²) in [5.74, 6) is 0.856. The Labute approximate surface area is 152 Å². The first-order chi connectivity index (χ1) is 12.7. The maximum atomic E-state index is 13.2. The van der Waals surface area contributed by atoms with Crippen molar-refractivity contribution in [3.05, 3.63) is 76.3 Å². The van der Waals surface area contributed by atoms with Gasteiger partial charge < -0.3 is 9.64 Å². The second-order valence-corrected chi connectivity index (χ2v) is 6.86. The van der Waals surface area contributed by atoms with Gasteiger partial charge in [-0.1, -0.05) is 42.5 Å². The summed E-state index contributed by atoms with van der Waals surface area (Å²) >= 11 is 0. The lowest BCUT2D eigenvalue weighted by molar-refractivity contribution is -0.937. The summed E-state index contributed by atoms with van der Waals surface area (Å²) in [4.78, 5) is 19.6. The third-order valence-electron chi connectivity index (χ3n) is 5.21. The van der Waals surface area contributed by atoms with Crippen LogP contribution in [0, 0.1) is 0 Å². The van der Waals surface area contributed by atoms with Gasteiger partial charge in [0.15, 0.2) is 5.82 Å². The van der Waals surface area contributed by atoms with Crippen LogP contribution in [-0.2, 0) is 11.3 Å². The SMILES string of the molecule is C[C@H](c1nc2ccccc2c(=O)n1Cc1ccccc1)[NH+]1CCOCC1. The van der Waals surface area contributed by atoms with E-state index in [4.69, 9.17) is 9.72 Å². The molecule has 1 aromatic heterocycles. The van der Waals surface area contributed by atoms with Crippen LogP contribution in [0.1, 0.15) is 24.4 Å². The summed E-state index contributed by atoms with van der Waals surface area (Å²) in [6, 6.07) is 17.9. The van der Waals surface area contributed by atoms with Crippen LogP contribution in [0.4, 0.5) is 0 Å². The predicted octanol–water partition coefficient (Wildman–Crippen LogP) is 1.42. The average Bonchev–Trinajstić information content (AvgIpc) is 2.71. The van der Waals surface area contributed by atoms with Crippen molar-refractivity contribution < 1.29 is 9.64 Å². The first-order valence-corrected chi connectivity index (χ1v) is 9.20. The Hall–Kier alpha value is -2.50. The molecule has 1 aliphatic heterocycles. The minimum Gasteiger partial charge on any atom is -0.370 e. The number of quaternary nitrogens is 1. The second kappa shape index (κ2) is 7.40. The zero-order chi connectivity index (χ0) is 17.9. The molecule has 5 heteroatoms. The lowest BCUT2D eigenvalue weighted by Crippen LogP contribution is -3.14. The Morgan fingerprint density at radius 1 is 1.08 bits per heavy atom. The van der Waals surface area contributed by atoms with Crippen LogP contribution >= 0.6 is 0 Å². The van der Waals surface area contributed by atoms with Gasteiger partial charge in [0.2, 0.25) is 0 Å². The van der Waals surface area contributed by atoms with Crippen LogP contribution in [0.25, 0.3) is 10.9 Å². The third-order valence-corrected chi connectivity index (χ3v) is 5.21. The standard InChI is InChI=1S/C21H23N3O2/c1-16(23-11-13-26-14-12-23)20-22-19-10-6-5-9-18(19)21(25)24(20)15-17-7-3-2-4-8-17/h2-10,16H,11-15H2,1H3/p+1/t16-/m1/s1. The second-order valence-electron chi connectivity index (χ2n) is 6.86. The molecule has 3 aromatic rings. The van der Waals surface area contributed by atoms with Crippen molar-refractivity contribution in [1.29, 1.82) is 0 Å². The van der Waals surface area contributed by atoms with Crippen molar-refractivity contribution >= 4 is 10.9 Å². The summed E-state index contributed by atoms with van der Waals surface area (Å²) in [7, 11) is 0. The molecule has 0 amide bonds. The van der Waals surface area contributed by atoms with Gasteiger partial charge >= 0.3 is 0 Å². The maximum absolute atomic E-state index is 13.2. The average molecular weight is 350 g/mol. The first kappa shape index (κ1) is 16.9. The topological polar surface area (TPSA) is 48.6 Å². The number of benzene rings is 2. The molecule has 134 valence electrons. The summed E-state index contributed by atoms with van der Waals surface area (Å²) in [6.45, 7) is 6.11. The molecule has 1 atom stereocenters. The van der Waals surface area contributed by atoms with Crippen molar-refractivity contribution in [2.24, 2.45) is 0 Å². The largest absolute Gasteiger partial charge is 0.370 e. The summed E-state index contributed by atoms with van der Waals surface area (Å²) in [5.41, 5.74) is 1.92. The quantitative estimate of drug-likeness (QED) is 0.774. The molecule has 1 N–H and O–H groups in total. The van der Waals surface area contributed by atoms with Crippen molar-refractivity contribution in [2.45, 2.75) is 19.5 Å². The molecule has 2 heterocycles. The fraction of sp³-hybridized carbons (Fsp3) is 0.333. The molecule has 1 saturated heterocycles. The van der Waals surface area contributed by atoms with Gasteiger partial charge in [0.1, 0.15) is 19.1 Å². The third kappa shape index (κ3) is 3.28. The molecule has 0 unspecified atom stereocenters. The molecule has 26 heavy (non-hydrogen) atoms. The number of hydrogen-bond donors (Lipinski definition) is 1. The van der Waals surface area contributed by atoms with Crippen molar-refractivity contribution in [3.8, 4) is 0 Å². The van der Waals surface area contributed by atoms with Gasteiger partial charge in [-0.25, -0.2) is 4.98 Å². The lowest BCUT2D eigenvalue weighted by Gasteiger charge is -2.30. The van der Waals surface area contributed by atoms with Crippen LogP contribution in [0.15, 0.2) is 59.4 Å². The van der Waals surface area contributed by atoms with E-state index in [9.17, 15) is 4.79 Å². The summed E-state index contributed by atoms with van der Waals surface area (Å²) < 4.78 is 7.35. The number of rotatable bonds is 4. The number of nitrogens with zero attached hydrogens (tertiary/aromatic N) is 2. The Morgan fingerprint density at radius 3 is 2.54 bits per heavy atom. The smallest absolute Gasteiger partial charge is 0.261 e. The molecule has 4 rings (SSSR count). The van der Waals surface area contributed by atoms with Crippen molar-refractivity contribution in [2.75, 3.05) is 26.3 Å². The van der Waals surface area contributed by atoms with E-state index in [2.05, 4.69) is 19.1 Å². The maximum Gasteiger partial charge on any atom is 0.261 e. The number of nitrogens with one attached hydrogen (secondary N) is 1. The molecular formula is C21H24N3O2+. The molecule has 0 saturated carbocycles. The van der Waals surface area contributed by atoms with Crippen molar-refractivity contribution in [1.82, 2.24) is 9.55 Å². The number of morpholine rings is 1. The summed E-state index contributed by atoms with van der Waals surface area (Å²) in [5, 5.41) is 0.677. The highest BCUT2D eigenvalue weighted by atomic mass is 16.5. The van der Waals surface area contributed by atoms with E-state index in [0.29, 0.717) is 11.9 Å². The van der Waals surface area contributed by atoms with Crippen LogP contribution < -0.4 is 10.5 Å². The number of hydrogen-bond acceptors (Lipinski definition) is 3. The number of aromatic nitrogens is 2. The van der Waals surface area contributed by atoms with E-state index in [-0.39, 0.29) is 11.6 Å². The molecule has 0 spiro atoms. The zero-order valence-corrected chi connectivity index (χ0v) is 15.0. The normalized spacial score (nSPS) is 16.7. The molecule has 0 bridgehead atoms. The number of fused-ring (bicyclic) bond motifs is 1. The van der Waals surface area contributed by atoms with Gasteiger partial charge in [0.05, 0.1) is 30.7 Å². The molecular weight excluding hydrogens is 326 g/mol. The monoisotopic (exact) mass is 350 g/mol. The van der Waals surface area contributed by atoms with Gasteiger partial charge in [0, 0.05) is 0 Å². The Bertz CT molecular complexity index is 946. The predicted molar refractivity (Wildman–Crippen MR) is 101 cm³/mol. The van der Waals surface area contributed by atoms with E-state index in [1.54, 1.807) is 0 Å². The minimum absolute atomic E-state index is 0.0361. The molecule has 1 fully saturated rings. The van der Waals surface area contributed by atoms with Gasteiger partial charge in [0.25, 0.3) is 5.56 Å². The number of para-hydroxylation sites is 1. The fourth-order valence-electron chi connectivity index (χ4n) is 3.68. The molecule has 5 nitrogen and oxygen atoms in total. The fourth-order valence-corrected chi connectivity index (χ4v) is 3.68. The highest BCUT2D eigenvalue weighted by Crippen LogP contribution is 2.14. The Morgan fingerprint density at radius 2 is 1.77 bits per heavy atom. The van der Waals surface area contributed by atoms with Crippen LogP contribution in [0.5, 0.6) is 0 Å². The van der Waals surface area contributed by atoms with Crippen LogP contribution in [0.2, 0.25) is 0 Å². The molecule has 0 radical (unpaired) electrons. The first-order valence-electron chi connectivity index (χ1n) is 9.20. The van der Waals surface area contributed by atoms with Crippen molar-refractivity contribution in [3.63, 3.8) is 0 Å². The van der Waals surface area contributed by atoms with E-state index in [1.807, 2.05) is 47.0 Å². The summed E-state index contributed by atoms with van der Waals surface area (Å²) in [6.07, 6.45) is 0. The van der Waals surface area contributed by atoms with E-state index >= 15 is 0 Å². The lowest BCUT2D eigenvalue weighted by atomic mass is 10.1. The van der Waals surface area contributed by atoms with E-state index in [1.165, 1.54) is 4.90 Å². The van der Waals surface area contributed by atoms with Gasteiger partial charge in [-0.2, -0.15) is 0 Å². The minimum atomic E-state index is 0.0361. The molecule has 1 aliphatic rings.